The summed E-state index contributed by atoms with van der Waals surface area (Å²) in [5.74, 6) is 1.15. The molecule has 2 aliphatic heterocycles. The van der Waals surface area contributed by atoms with Crippen LogP contribution in [0.2, 0.25) is 0 Å². The zero-order chi connectivity index (χ0) is 8.60. The predicted molar refractivity (Wildman–Crippen MR) is 47.2 cm³/mol. The van der Waals surface area contributed by atoms with Gasteiger partial charge in [-0.2, -0.15) is 0 Å². The normalized spacial score (nSPS) is 26.8. The molecular weight excluding hydrogens is 176 g/mol. The van der Waals surface area contributed by atoms with Crippen molar-refractivity contribution in [2.45, 2.75) is 18.4 Å². The third-order valence-electron chi connectivity index (χ3n) is 2.45. The van der Waals surface area contributed by atoms with E-state index in [4.69, 9.17) is 5.11 Å². The predicted octanol–water partition coefficient (Wildman–Crippen LogP) is 0.750. The van der Waals surface area contributed by atoms with Crippen molar-refractivity contribution in [1.82, 2.24) is 9.62 Å². The molecule has 68 valence electrons. The Bertz CT molecular complexity index is 196. The van der Waals surface area contributed by atoms with Crippen molar-refractivity contribution in [2.75, 3.05) is 18.8 Å². The zero-order valence-corrected chi connectivity index (χ0v) is 7.56. The molecule has 0 aliphatic carbocycles. The molecule has 2 rings (SSSR count). The number of likely N-dealkylation sites (tertiary alicyclic amines) is 1. The Balaban J connectivity index is 1.88. The minimum Gasteiger partial charge on any atom is -0.465 e. The van der Waals surface area contributed by atoms with Gasteiger partial charge in [0, 0.05) is 18.8 Å². The smallest absolute Gasteiger partial charge is 0.407 e. The van der Waals surface area contributed by atoms with Gasteiger partial charge in [0.1, 0.15) is 0 Å². The first-order valence-corrected chi connectivity index (χ1v) is 5.07. The summed E-state index contributed by atoms with van der Waals surface area (Å²) in [4.78, 5) is 12.0. The van der Waals surface area contributed by atoms with Crippen LogP contribution in [0, 0.1) is 0 Å². The fourth-order valence-corrected chi connectivity index (χ4v) is 2.71. The molecule has 4 nitrogen and oxygen atoms in total. The van der Waals surface area contributed by atoms with E-state index in [1.807, 2.05) is 0 Å². The number of carbonyl (C=O) groups is 1. The summed E-state index contributed by atoms with van der Waals surface area (Å²) in [5.41, 5.74) is 0.112. The molecule has 2 N–H and O–H groups in total. The molecule has 1 spiro atoms. The van der Waals surface area contributed by atoms with Crippen LogP contribution in [0.5, 0.6) is 0 Å². The van der Waals surface area contributed by atoms with Gasteiger partial charge in [0.2, 0.25) is 0 Å². The minimum atomic E-state index is -0.794. The van der Waals surface area contributed by atoms with Crippen molar-refractivity contribution in [1.29, 1.82) is 0 Å². The molecule has 0 atom stereocenters. The van der Waals surface area contributed by atoms with Crippen LogP contribution >= 0.6 is 11.9 Å². The molecule has 2 heterocycles. The van der Waals surface area contributed by atoms with Crippen LogP contribution in [-0.4, -0.2) is 40.5 Å². The average molecular weight is 188 g/mol. The van der Waals surface area contributed by atoms with Crippen molar-refractivity contribution in [3.8, 4) is 0 Å². The van der Waals surface area contributed by atoms with Gasteiger partial charge < -0.3 is 10.0 Å². The SMILES string of the molecule is O=C(O)N1CC2(CCCSN2)C1. The monoisotopic (exact) mass is 188 g/mol. The Labute approximate surface area is 75.4 Å². The molecule has 0 unspecified atom stereocenters. The highest BCUT2D eigenvalue weighted by molar-refractivity contribution is 7.97. The largest absolute Gasteiger partial charge is 0.465 e. The lowest BCUT2D eigenvalue weighted by Gasteiger charge is -2.50. The average Bonchev–Trinajstić information content (AvgIpc) is 2.01. The second-order valence-corrected chi connectivity index (χ2v) is 4.37. The molecule has 12 heavy (non-hydrogen) atoms. The number of hydrogen-bond donors (Lipinski definition) is 2. The number of nitrogens with zero attached hydrogens (tertiary/aromatic N) is 1. The Hall–Kier alpha value is -0.420. The van der Waals surface area contributed by atoms with E-state index in [1.165, 1.54) is 11.3 Å². The minimum absolute atomic E-state index is 0.112. The Morgan fingerprint density at radius 2 is 2.33 bits per heavy atom. The quantitative estimate of drug-likeness (QED) is 0.551. The first-order valence-electron chi connectivity index (χ1n) is 4.09. The molecule has 0 aromatic rings. The maximum absolute atomic E-state index is 10.5. The van der Waals surface area contributed by atoms with Gasteiger partial charge in [-0.15, -0.1) is 0 Å². The molecule has 2 aliphatic rings. The zero-order valence-electron chi connectivity index (χ0n) is 6.75. The Kier molecular flexibility index (Phi) is 1.92. The lowest BCUT2D eigenvalue weighted by Crippen LogP contribution is -2.69. The van der Waals surface area contributed by atoms with Gasteiger partial charge in [-0.05, 0) is 12.8 Å². The van der Waals surface area contributed by atoms with E-state index in [0.717, 1.165) is 12.2 Å². The van der Waals surface area contributed by atoms with Gasteiger partial charge in [0.15, 0.2) is 0 Å². The summed E-state index contributed by atoms with van der Waals surface area (Å²) in [6.45, 7) is 1.32. The summed E-state index contributed by atoms with van der Waals surface area (Å²) in [7, 11) is 0. The summed E-state index contributed by atoms with van der Waals surface area (Å²) in [5, 5.41) is 8.64. The lowest BCUT2D eigenvalue weighted by molar-refractivity contribution is 0.0499. The second kappa shape index (κ2) is 2.81. The molecule has 0 saturated carbocycles. The molecule has 2 fully saturated rings. The standard InChI is InChI=1S/C7H12N2O2S/c10-6(11)9-4-7(5-9)2-1-3-12-8-7/h8H,1-5H2,(H,10,11). The fourth-order valence-electron chi connectivity index (χ4n) is 1.78. The van der Waals surface area contributed by atoms with E-state index in [1.54, 1.807) is 11.9 Å². The van der Waals surface area contributed by atoms with Crippen molar-refractivity contribution >= 4 is 18.0 Å². The number of carboxylic acid groups (broad SMARTS) is 1. The first kappa shape index (κ1) is 8.19. The van der Waals surface area contributed by atoms with Gasteiger partial charge in [-0.1, -0.05) is 11.9 Å². The van der Waals surface area contributed by atoms with Crippen LogP contribution in [0.4, 0.5) is 4.79 Å². The first-order chi connectivity index (χ1) is 5.72. The van der Waals surface area contributed by atoms with E-state index in [2.05, 4.69) is 4.72 Å². The highest BCUT2D eigenvalue weighted by atomic mass is 32.2. The van der Waals surface area contributed by atoms with Gasteiger partial charge in [0.25, 0.3) is 0 Å². The maximum Gasteiger partial charge on any atom is 0.407 e. The number of nitrogens with one attached hydrogen (secondary N) is 1. The van der Waals surface area contributed by atoms with Crippen LogP contribution in [0.25, 0.3) is 0 Å². The van der Waals surface area contributed by atoms with E-state index in [9.17, 15) is 4.79 Å². The number of amides is 1. The fraction of sp³-hybridized carbons (Fsp3) is 0.857. The third-order valence-corrected chi connectivity index (χ3v) is 3.52. The topological polar surface area (TPSA) is 52.6 Å². The van der Waals surface area contributed by atoms with E-state index >= 15 is 0 Å². The molecule has 0 radical (unpaired) electrons. The summed E-state index contributed by atoms with van der Waals surface area (Å²) < 4.78 is 3.33. The summed E-state index contributed by atoms with van der Waals surface area (Å²) in [6.07, 6.45) is 1.52. The van der Waals surface area contributed by atoms with Gasteiger partial charge >= 0.3 is 6.09 Å². The van der Waals surface area contributed by atoms with Crippen LogP contribution in [-0.2, 0) is 0 Å². The van der Waals surface area contributed by atoms with Crippen molar-refractivity contribution in [3.63, 3.8) is 0 Å². The number of hydrogen-bond acceptors (Lipinski definition) is 3. The van der Waals surface area contributed by atoms with Crippen molar-refractivity contribution in [3.05, 3.63) is 0 Å². The van der Waals surface area contributed by atoms with Crippen LogP contribution in [0.1, 0.15) is 12.8 Å². The molecule has 1 amide bonds. The second-order valence-electron chi connectivity index (χ2n) is 3.47. The molecule has 2 saturated heterocycles. The highest BCUT2D eigenvalue weighted by Crippen LogP contribution is 2.31. The van der Waals surface area contributed by atoms with Gasteiger partial charge in [-0.25, -0.2) is 4.79 Å². The molecule has 0 aromatic carbocycles. The number of rotatable bonds is 0. The summed E-state index contributed by atoms with van der Waals surface area (Å²) >= 11 is 1.72. The van der Waals surface area contributed by atoms with Crippen molar-refractivity contribution < 1.29 is 9.90 Å². The highest BCUT2D eigenvalue weighted by Gasteiger charge is 2.45. The van der Waals surface area contributed by atoms with Crippen LogP contribution in [0.3, 0.4) is 0 Å². The summed E-state index contributed by atoms with van der Waals surface area (Å²) in [6, 6.07) is 0. The maximum atomic E-state index is 10.5. The Morgan fingerprint density at radius 3 is 2.83 bits per heavy atom. The molecule has 0 bridgehead atoms. The van der Waals surface area contributed by atoms with Crippen molar-refractivity contribution in [2.24, 2.45) is 0 Å². The van der Waals surface area contributed by atoms with Crippen LogP contribution in [0.15, 0.2) is 0 Å². The van der Waals surface area contributed by atoms with E-state index < -0.39 is 6.09 Å². The molecule has 5 heteroatoms. The van der Waals surface area contributed by atoms with Crippen LogP contribution < -0.4 is 4.72 Å². The lowest BCUT2D eigenvalue weighted by atomic mass is 9.86. The van der Waals surface area contributed by atoms with E-state index in [-0.39, 0.29) is 5.54 Å². The van der Waals surface area contributed by atoms with Gasteiger partial charge in [0.05, 0.1) is 5.54 Å². The Morgan fingerprint density at radius 1 is 1.58 bits per heavy atom. The third kappa shape index (κ3) is 1.27. The molecular formula is C7H12N2O2S. The molecule has 0 aromatic heterocycles. The van der Waals surface area contributed by atoms with E-state index in [0.29, 0.717) is 13.1 Å². The van der Waals surface area contributed by atoms with Gasteiger partial charge in [-0.3, -0.25) is 4.72 Å².